The summed E-state index contributed by atoms with van der Waals surface area (Å²) in [6.07, 6.45) is 0.490. The van der Waals surface area contributed by atoms with Crippen molar-refractivity contribution in [1.82, 2.24) is 0 Å². The van der Waals surface area contributed by atoms with Crippen LogP contribution >= 0.6 is 0 Å². The number of nitrogens with one attached hydrogen (secondary N) is 1. The zero-order valence-electron chi connectivity index (χ0n) is 15.8. The standard InChI is InChI=1S/C20H20N4O5/c1-23-17-9-8-13(24(28)29)11-15(17)20(22-12-18(23)25)14-5-2-3-6-16(14)21-10-4-7-19(26)27/h2-3,5-6,8-9,11,21H,4,7,10,12H2,1H3,(H,26,27). The Kier molecular flexibility index (Phi) is 5.87. The summed E-state index contributed by atoms with van der Waals surface area (Å²) in [5.74, 6) is -1.09. The second kappa shape index (κ2) is 8.51. The highest BCUT2D eigenvalue weighted by Gasteiger charge is 2.25. The monoisotopic (exact) mass is 396 g/mol. The number of benzodiazepines with no additional fused rings is 1. The highest BCUT2D eigenvalue weighted by atomic mass is 16.6. The lowest BCUT2D eigenvalue weighted by atomic mass is 9.98. The highest BCUT2D eigenvalue weighted by molar-refractivity contribution is 6.21. The van der Waals surface area contributed by atoms with Gasteiger partial charge >= 0.3 is 5.97 Å². The van der Waals surface area contributed by atoms with Crippen molar-refractivity contribution in [2.24, 2.45) is 4.99 Å². The minimum Gasteiger partial charge on any atom is -0.481 e. The number of likely N-dealkylation sites (N-methyl/N-ethyl adjacent to an activating group) is 1. The van der Waals surface area contributed by atoms with Crippen molar-refractivity contribution in [1.29, 1.82) is 0 Å². The number of benzene rings is 2. The molecular weight excluding hydrogens is 376 g/mol. The Labute approximate surface area is 166 Å². The van der Waals surface area contributed by atoms with Gasteiger partial charge in [0.1, 0.15) is 6.54 Å². The van der Waals surface area contributed by atoms with Crippen LogP contribution in [0.15, 0.2) is 47.5 Å². The molecule has 9 nitrogen and oxygen atoms in total. The molecule has 9 heteroatoms. The first kappa shape index (κ1) is 20.0. The first-order valence-corrected chi connectivity index (χ1v) is 9.03. The fourth-order valence-electron chi connectivity index (χ4n) is 3.13. The molecule has 0 spiro atoms. The number of carboxylic acid groups (broad SMARTS) is 1. The van der Waals surface area contributed by atoms with Gasteiger partial charge in [0.25, 0.3) is 5.69 Å². The van der Waals surface area contributed by atoms with E-state index in [1.54, 1.807) is 13.1 Å². The second-order valence-electron chi connectivity index (χ2n) is 6.55. The van der Waals surface area contributed by atoms with Crippen LogP contribution in [-0.4, -0.2) is 47.8 Å². The molecule has 0 fully saturated rings. The molecule has 0 aliphatic carbocycles. The molecular formula is C20H20N4O5. The molecule has 0 atom stereocenters. The number of carbonyl (C=O) groups is 2. The predicted octanol–water partition coefficient (Wildman–Crippen LogP) is 2.69. The molecule has 1 amide bonds. The molecule has 29 heavy (non-hydrogen) atoms. The van der Waals surface area contributed by atoms with Gasteiger partial charge in [0.15, 0.2) is 0 Å². The Balaban J connectivity index is 2.04. The number of non-ortho nitro benzene ring substituents is 1. The summed E-state index contributed by atoms with van der Waals surface area (Å²) in [5, 5.41) is 23.3. The molecule has 0 unspecified atom stereocenters. The number of hydrogen-bond donors (Lipinski definition) is 2. The first-order chi connectivity index (χ1) is 13.9. The summed E-state index contributed by atoms with van der Waals surface area (Å²) < 4.78 is 0. The molecule has 1 heterocycles. The smallest absolute Gasteiger partial charge is 0.303 e. The maximum absolute atomic E-state index is 12.3. The van der Waals surface area contributed by atoms with Crippen molar-refractivity contribution in [3.05, 3.63) is 63.7 Å². The number of carboxylic acids is 1. The van der Waals surface area contributed by atoms with Gasteiger partial charge in [-0.2, -0.15) is 0 Å². The van der Waals surface area contributed by atoms with E-state index in [9.17, 15) is 19.7 Å². The molecule has 0 saturated carbocycles. The summed E-state index contributed by atoms with van der Waals surface area (Å²) in [7, 11) is 1.61. The lowest BCUT2D eigenvalue weighted by Gasteiger charge is -2.18. The minimum absolute atomic E-state index is 0.0461. The van der Waals surface area contributed by atoms with Gasteiger partial charge in [-0.25, -0.2) is 0 Å². The third-order valence-corrected chi connectivity index (χ3v) is 4.62. The average molecular weight is 396 g/mol. The Morgan fingerprint density at radius 3 is 2.76 bits per heavy atom. The van der Waals surface area contributed by atoms with E-state index in [1.165, 1.54) is 17.0 Å². The van der Waals surface area contributed by atoms with E-state index >= 15 is 0 Å². The van der Waals surface area contributed by atoms with Crippen molar-refractivity contribution in [2.75, 3.05) is 30.4 Å². The molecule has 2 aromatic carbocycles. The van der Waals surface area contributed by atoms with Crippen LogP contribution in [0.2, 0.25) is 0 Å². The number of nitro benzene ring substituents is 1. The molecule has 150 valence electrons. The first-order valence-electron chi connectivity index (χ1n) is 9.03. The van der Waals surface area contributed by atoms with Crippen molar-refractivity contribution in [2.45, 2.75) is 12.8 Å². The van der Waals surface area contributed by atoms with Gasteiger partial charge in [0, 0.05) is 49.0 Å². The molecule has 2 aromatic rings. The van der Waals surface area contributed by atoms with Gasteiger partial charge in [-0.1, -0.05) is 18.2 Å². The van der Waals surface area contributed by atoms with Crippen LogP contribution in [0, 0.1) is 10.1 Å². The zero-order valence-corrected chi connectivity index (χ0v) is 15.8. The van der Waals surface area contributed by atoms with Crippen molar-refractivity contribution in [3.63, 3.8) is 0 Å². The van der Waals surface area contributed by atoms with E-state index in [1.807, 2.05) is 24.3 Å². The number of nitrogens with zero attached hydrogens (tertiary/aromatic N) is 3. The highest BCUT2D eigenvalue weighted by Crippen LogP contribution is 2.31. The predicted molar refractivity (Wildman–Crippen MR) is 109 cm³/mol. The quantitative estimate of drug-likeness (QED) is 0.421. The largest absolute Gasteiger partial charge is 0.481 e. The van der Waals surface area contributed by atoms with Crippen molar-refractivity contribution >= 4 is 34.7 Å². The summed E-state index contributed by atoms with van der Waals surface area (Å²) >= 11 is 0. The lowest BCUT2D eigenvalue weighted by molar-refractivity contribution is -0.384. The fourth-order valence-corrected chi connectivity index (χ4v) is 3.13. The van der Waals surface area contributed by atoms with Crippen LogP contribution in [0.4, 0.5) is 17.1 Å². The van der Waals surface area contributed by atoms with Crippen LogP contribution in [0.25, 0.3) is 0 Å². The van der Waals surface area contributed by atoms with E-state index in [4.69, 9.17) is 5.11 Å². The van der Waals surface area contributed by atoms with E-state index in [0.29, 0.717) is 41.2 Å². The van der Waals surface area contributed by atoms with Crippen LogP contribution in [0.1, 0.15) is 24.0 Å². The van der Waals surface area contributed by atoms with Gasteiger partial charge in [-0.15, -0.1) is 0 Å². The van der Waals surface area contributed by atoms with Crippen LogP contribution in [-0.2, 0) is 9.59 Å². The summed E-state index contributed by atoms with van der Waals surface area (Å²) in [6, 6.07) is 11.6. The molecule has 0 aromatic heterocycles. The second-order valence-corrected chi connectivity index (χ2v) is 6.55. The number of aliphatic carboxylic acids is 1. The molecule has 2 N–H and O–H groups in total. The van der Waals surface area contributed by atoms with E-state index in [-0.39, 0.29) is 24.6 Å². The maximum Gasteiger partial charge on any atom is 0.303 e. The zero-order chi connectivity index (χ0) is 21.0. The number of fused-ring (bicyclic) bond motifs is 1. The van der Waals surface area contributed by atoms with Gasteiger partial charge in [0.2, 0.25) is 5.91 Å². The Hall–Kier alpha value is -3.75. The van der Waals surface area contributed by atoms with Crippen molar-refractivity contribution in [3.8, 4) is 0 Å². The Morgan fingerprint density at radius 2 is 2.03 bits per heavy atom. The molecule has 0 radical (unpaired) electrons. The van der Waals surface area contributed by atoms with Crippen LogP contribution in [0.3, 0.4) is 0 Å². The molecule has 1 aliphatic rings. The number of rotatable bonds is 7. The fraction of sp³-hybridized carbons (Fsp3) is 0.250. The molecule has 0 bridgehead atoms. The van der Waals surface area contributed by atoms with Gasteiger partial charge < -0.3 is 15.3 Å². The Bertz CT molecular complexity index is 1000. The summed E-state index contributed by atoms with van der Waals surface area (Å²) in [5.41, 5.74) is 2.82. The number of amides is 1. The SMILES string of the molecule is CN1C(=O)CN=C(c2ccccc2NCCCC(=O)O)c2cc([N+](=O)[O-])ccc21. The number of aliphatic imine (C=N–C) groups is 1. The third kappa shape index (κ3) is 4.40. The molecule has 1 aliphatic heterocycles. The average Bonchev–Trinajstić information content (AvgIpc) is 2.82. The maximum atomic E-state index is 12.3. The number of carbonyl (C=O) groups excluding carboxylic acids is 1. The van der Waals surface area contributed by atoms with E-state index in [0.717, 1.165) is 0 Å². The Morgan fingerprint density at radius 1 is 1.28 bits per heavy atom. The normalized spacial score (nSPS) is 13.3. The van der Waals surface area contributed by atoms with Gasteiger partial charge in [-0.05, 0) is 18.6 Å². The lowest BCUT2D eigenvalue weighted by Crippen LogP contribution is -2.27. The number of para-hydroxylation sites is 1. The minimum atomic E-state index is -0.865. The summed E-state index contributed by atoms with van der Waals surface area (Å²) in [4.78, 5) is 39.7. The topological polar surface area (TPSA) is 125 Å². The molecule has 3 rings (SSSR count). The number of nitro groups is 1. The van der Waals surface area contributed by atoms with Crippen LogP contribution in [0.5, 0.6) is 0 Å². The summed E-state index contributed by atoms with van der Waals surface area (Å²) in [6.45, 7) is 0.360. The number of hydrogen-bond acceptors (Lipinski definition) is 6. The van der Waals surface area contributed by atoms with E-state index < -0.39 is 10.9 Å². The van der Waals surface area contributed by atoms with Crippen LogP contribution < -0.4 is 10.2 Å². The third-order valence-electron chi connectivity index (χ3n) is 4.62. The van der Waals surface area contributed by atoms with Gasteiger partial charge in [-0.3, -0.25) is 24.7 Å². The number of anilines is 2. The van der Waals surface area contributed by atoms with E-state index in [2.05, 4.69) is 10.3 Å². The van der Waals surface area contributed by atoms with Crippen molar-refractivity contribution < 1.29 is 19.6 Å². The molecule has 0 saturated heterocycles. The van der Waals surface area contributed by atoms with Gasteiger partial charge in [0.05, 0.1) is 16.3 Å².